The SMILES string of the molecule is C[C@@H](O)CN(c1ccccc1)S(=O)(=O)c1ccc2[nH]c(=O)[nH]c2c1. The molecule has 3 N–H and O–H groups in total. The highest BCUT2D eigenvalue weighted by Gasteiger charge is 2.26. The van der Waals surface area contributed by atoms with Crippen molar-refractivity contribution >= 4 is 26.7 Å². The Morgan fingerprint density at radius 1 is 1.08 bits per heavy atom. The molecule has 0 aliphatic heterocycles. The summed E-state index contributed by atoms with van der Waals surface area (Å²) in [6, 6.07) is 12.9. The zero-order chi connectivity index (χ0) is 17.3. The van der Waals surface area contributed by atoms with Crippen molar-refractivity contribution in [1.29, 1.82) is 0 Å². The van der Waals surface area contributed by atoms with E-state index in [9.17, 15) is 18.3 Å². The Hall–Kier alpha value is -2.58. The molecule has 8 heteroatoms. The van der Waals surface area contributed by atoms with Gasteiger partial charge in [0.2, 0.25) is 0 Å². The van der Waals surface area contributed by atoms with Gasteiger partial charge in [-0.2, -0.15) is 0 Å². The van der Waals surface area contributed by atoms with Gasteiger partial charge in [-0.1, -0.05) is 18.2 Å². The highest BCUT2D eigenvalue weighted by Crippen LogP contribution is 2.25. The average molecular weight is 347 g/mol. The van der Waals surface area contributed by atoms with E-state index in [4.69, 9.17) is 0 Å². The van der Waals surface area contributed by atoms with Gasteiger partial charge in [0, 0.05) is 0 Å². The topological polar surface area (TPSA) is 106 Å². The number of H-pyrrole nitrogens is 2. The van der Waals surface area contributed by atoms with Gasteiger partial charge < -0.3 is 15.1 Å². The smallest absolute Gasteiger partial charge is 0.323 e. The van der Waals surface area contributed by atoms with E-state index in [1.165, 1.54) is 25.1 Å². The van der Waals surface area contributed by atoms with E-state index in [2.05, 4.69) is 9.97 Å². The molecule has 0 unspecified atom stereocenters. The summed E-state index contributed by atoms with van der Waals surface area (Å²) in [6.45, 7) is 1.45. The first-order valence-electron chi connectivity index (χ1n) is 7.36. The second-order valence-corrected chi connectivity index (χ2v) is 7.37. The van der Waals surface area contributed by atoms with Crippen LogP contribution in [0.5, 0.6) is 0 Å². The molecular weight excluding hydrogens is 330 g/mol. The minimum absolute atomic E-state index is 0.0368. The van der Waals surface area contributed by atoms with Crippen molar-refractivity contribution in [2.75, 3.05) is 10.8 Å². The number of anilines is 1. The summed E-state index contributed by atoms with van der Waals surface area (Å²) in [4.78, 5) is 16.5. The summed E-state index contributed by atoms with van der Waals surface area (Å²) in [5, 5.41) is 9.71. The molecule has 0 saturated carbocycles. The summed E-state index contributed by atoms with van der Waals surface area (Å²) >= 11 is 0. The Bertz CT molecular complexity index is 1010. The molecule has 24 heavy (non-hydrogen) atoms. The summed E-state index contributed by atoms with van der Waals surface area (Å²) in [7, 11) is -3.89. The molecule has 2 aromatic carbocycles. The van der Waals surface area contributed by atoms with Crippen LogP contribution in [0.15, 0.2) is 58.2 Å². The van der Waals surface area contributed by atoms with Gasteiger partial charge in [0.05, 0.1) is 34.3 Å². The van der Waals surface area contributed by atoms with Crippen LogP contribution in [0.1, 0.15) is 6.92 Å². The van der Waals surface area contributed by atoms with Gasteiger partial charge in [-0.05, 0) is 37.3 Å². The van der Waals surface area contributed by atoms with E-state index >= 15 is 0 Å². The molecule has 0 aliphatic carbocycles. The fourth-order valence-corrected chi connectivity index (χ4v) is 4.05. The van der Waals surface area contributed by atoms with Crippen LogP contribution in [-0.4, -0.2) is 36.1 Å². The number of hydrogen-bond acceptors (Lipinski definition) is 4. The number of nitrogens with zero attached hydrogens (tertiary/aromatic N) is 1. The van der Waals surface area contributed by atoms with Crippen molar-refractivity contribution in [3.05, 3.63) is 59.0 Å². The monoisotopic (exact) mass is 347 g/mol. The number of sulfonamides is 1. The lowest BCUT2D eigenvalue weighted by atomic mass is 10.3. The van der Waals surface area contributed by atoms with Gasteiger partial charge in [0.1, 0.15) is 0 Å². The van der Waals surface area contributed by atoms with Crippen LogP contribution in [0, 0.1) is 0 Å². The Morgan fingerprint density at radius 3 is 2.42 bits per heavy atom. The highest BCUT2D eigenvalue weighted by atomic mass is 32.2. The molecule has 1 heterocycles. The van der Waals surface area contributed by atoms with E-state index in [-0.39, 0.29) is 11.4 Å². The quantitative estimate of drug-likeness (QED) is 0.649. The predicted octanol–water partition coefficient (Wildman–Crippen LogP) is 1.43. The molecule has 0 bridgehead atoms. The van der Waals surface area contributed by atoms with Gasteiger partial charge >= 0.3 is 5.69 Å². The van der Waals surface area contributed by atoms with Crippen LogP contribution in [0.25, 0.3) is 11.0 Å². The number of fused-ring (bicyclic) bond motifs is 1. The van der Waals surface area contributed by atoms with Gasteiger partial charge in [-0.25, -0.2) is 13.2 Å². The molecule has 1 atom stereocenters. The number of aromatic amines is 2. The molecule has 0 spiro atoms. The maximum Gasteiger partial charge on any atom is 0.323 e. The molecule has 3 rings (SSSR count). The van der Waals surface area contributed by atoms with Crippen LogP contribution in [0.4, 0.5) is 5.69 Å². The molecule has 7 nitrogen and oxygen atoms in total. The van der Waals surface area contributed by atoms with Crippen molar-refractivity contribution in [3.8, 4) is 0 Å². The van der Waals surface area contributed by atoms with E-state index in [1.54, 1.807) is 30.3 Å². The van der Waals surface area contributed by atoms with E-state index < -0.39 is 21.8 Å². The number of rotatable bonds is 5. The third kappa shape index (κ3) is 3.06. The number of aromatic nitrogens is 2. The largest absolute Gasteiger partial charge is 0.392 e. The van der Waals surface area contributed by atoms with E-state index in [1.807, 2.05) is 0 Å². The molecule has 0 amide bonds. The maximum absolute atomic E-state index is 13.0. The minimum Gasteiger partial charge on any atom is -0.392 e. The molecular formula is C16H17N3O4S. The molecule has 3 aromatic rings. The maximum atomic E-state index is 13.0. The molecule has 0 saturated heterocycles. The van der Waals surface area contributed by atoms with Gasteiger partial charge in [0.25, 0.3) is 10.0 Å². The predicted molar refractivity (Wildman–Crippen MR) is 91.6 cm³/mol. The van der Waals surface area contributed by atoms with E-state index in [0.29, 0.717) is 16.7 Å². The van der Waals surface area contributed by atoms with Crippen LogP contribution < -0.4 is 9.99 Å². The zero-order valence-corrected chi connectivity index (χ0v) is 13.7. The lowest BCUT2D eigenvalue weighted by molar-refractivity contribution is 0.204. The Labute approximate surface area is 138 Å². The molecule has 126 valence electrons. The van der Waals surface area contributed by atoms with Crippen molar-refractivity contribution in [2.45, 2.75) is 17.9 Å². The number of nitrogens with one attached hydrogen (secondary N) is 2. The molecule has 0 radical (unpaired) electrons. The lowest BCUT2D eigenvalue weighted by Gasteiger charge is -2.25. The third-order valence-electron chi connectivity index (χ3n) is 3.55. The standard InChI is InChI=1S/C16H17N3O4S/c1-11(20)10-19(12-5-3-2-4-6-12)24(22,23)13-7-8-14-15(9-13)18-16(21)17-14/h2-9,11,20H,10H2,1H3,(H2,17,18,21)/t11-/m1/s1. The minimum atomic E-state index is -3.89. The van der Waals surface area contributed by atoms with Crippen LogP contribution in [0.2, 0.25) is 0 Å². The van der Waals surface area contributed by atoms with Crippen molar-refractivity contribution in [3.63, 3.8) is 0 Å². The Morgan fingerprint density at radius 2 is 1.75 bits per heavy atom. The Kier molecular flexibility index (Phi) is 4.16. The van der Waals surface area contributed by atoms with Gasteiger partial charge in [-0.3, -0.25) is 4.31 Å². The summed E-state index contributed by atoms with van der Waals surface area (Å²) in [5.74, 6) is 0. The first-order valence-corrected chi connectivity index (χ1v) is 8.80. The van der Waals surface area contributed by atoms with Crippen molar-refractivity contribution in [2.24, 2.45) is 0 Å². The lowest BCUT2D eigenvalue weighted by Crippen LogP contribution is -2.36. The fourth-order valence-electron chi connectivity index (χ4n) is 2.48. The average Bonchev–Trinajstić information content (AvgIpc) is 2.92. The summed E-state index contributed by atoms with van der Waals surface area (Å²) in [5.41, 5.74) is 0.997. The van der Waals surface area contributed by atoms with Gasteiger partial charge in [-0.15, -0.1) is 0 Å². The summed E-state index contributed by atoms with van der Waals surface area (Å²) < 4.78 is 27.2. The normalized spacial score (nSPS) is 13.1. The fraction of sp³-hybridized carbons (Fsp3) is 0.188. The first-order chi connectivity index (χ1) is 11.4. The molecule has 1 aromatic heterocycles. The van der Waals surface area contributed by atoms with Crippen LogP contribution in [-0.2, 0) is 10.0 Å². The number of benzene rings is 2. The highest BCUT2D eigenvalue weighted by molar-refractivity contribution is 7.92. The molecule has 0 aliphatic rings. The second-order valence-electron chi connectivity index (χ2n) is 5.51. The first kappa shape index (κ1) is 16.3. The molecule has 0 fully saturated rings. The zero-order valence-electron chi connectivity index (χ0n) is 12.9. The number of aliphatic hydroxyl groups is 1. The third-order valence-corrected chi connectivity index (χ3v) is 5.34. The number of imidazole rings is 1. The summed E-state index contributed by atoms with van der Waals surface area (Å²) in [6.07, 6.45) is -0.837. The Balaban J connectivity index is 2.11. The number of para-hydroxylation sites is 1. The van der Waals surface area contributed by atoms with Crippen LogP contribution >= 0.6 is 0 Å². The van der Waals surface area contributed by atoms with Crippen molar-refractivity contribution in [1.82, 2.24) is 9.97 Å². The van der Waals surface area contributed by atoms with Crippen LogP contribution in [0.3, 0.4) is 0 Å². The second kappa shape index (κ2) is 6.14. The number of hydrogen-bond donors (Lipinski definition) is 3. The van der Waals surface area contributed by atoms with Crippen molar-refractivity contribution < 1.29 is 13.5 Å². The van der Waals surface area contributed by atoms with E-state index in [0.717, 1.165) is 4.31 Å². The van der Waals surface area contributed by atoms with Gasteiger partial charge in [0.15, 0.2) is 0 Å². The number of aliphatic hydroxyl groups excluding tert-OH is 1.